The number of carbonyl (C=O) groups excluding carboxylic acids is 2. The van der Waals surface area contributed by atoms with E-state index < -0.39 is 6.17 Å². The molecule has 1 aliphatic rings. The monoisotopic (exact) mass is 185 g/mol. The van der Waals surface area contributed by atoms with Gasteiger partial charge in [-0.2, -0.15) is 0 Å². The van der Waals surface area contributed by atoms with E-state index in [4.69, 9.17) is 0 Å². The number of halogens is 1. The van der Waals surface area contributed by atoms with Gasteiger partial charge < -0.3 is 0 Å². The van der Waals surface area contributed by atoms with Crippen molar-refractivity contribution >= 4 is 11.8 Å². The van der Waals surface area contributed by atoms with Gasteiger partial charge in [0.15, 0.2) is 0 Å². The van der Waals surface area contributed by atoms with Crippen LogP contribution < -0.4 is 0 Å². The van der Waals surface area contributed by atoms with Gasteiger partial charge in [0, 0.05) is 18.7 Å². The van der Waals surface area contributed by atoms with Crippen LogP contribution in [-0.4, -0.2) is 29.4 Å². The summed E-state index contributed by atoms with van der Waals surface area (Å²) in [5.41, 5.74) is 0. The third kappa shape index (κ3) is 2.37. The van der Waals surface area contributed by atoms with Gasteiger partial charge in [-0.15, -0.1) is 0 Å². The molecule has 1 heterocycles. The second kappa shape index (κ2) is 4.16. The molecule has 0 bridgehead atoms. The molecule has 13 heavy (non-hydrogen) atoms. The van der Waals surface area contributed by atoms with Crippen molar-refractivity contribution in [1.29, 1.82) is 0 Å². The molecule has 0 spiro atoms. The molecule has 0 radical (unpaired) electrons. The standard InChI is InChI=1S/C9H12FNO2/c1-2-7(10)5-6-11-8(12)3-4-9(11)13/h3-4,7H,2,5-6H2,1H3/t7-/m0/s1. The number of amides is 2. The minimum Gasteiger partial charge on any atom is -0.275 e. The van der Waals surface area contributed by atoms with Gasteiger partial charge in [0.1, 0.15) is 6.17 Å². The van der Waals surface area contributed by atoms with Gasteiger partial charge in [-0.05, 0) is 12.8 Å². The molecular weight excluding hydrogens is 173 g/mol. The molecule has 2 amide bonds. The van der Waals surface area contributed by atoms with E-state index in [0.29, 0.717) is 6.42 Å². The molecule has 72 valence electrons. The fourth-order valence-electron chi connectivity index (χ4n) is 1.12. The van der Waals surface area contributed by atoms with Crippen molar-refractivity contribution < 1.29 is 14.0 Å². The Labute approximate surface area is 76.2 Å². The van der Waals surface area contributed by atoms with E-state index in [1.807, 2.05) is 0 Å². The molecule has 0 saturated heterocycles. The average Bonchev–Trinajstić information content (AvgIpc) is 2.43. The minimum absolute atomic E-state index is 0.180. The lowest BCUT2D eigenvalue weighted by Gasteiger charge is -2.14. The second-order valence-electron chi connectivity index (χ2n) is 2.96. The van der Waals surface area contributed by atoms with E-state index in [1.54, 1.807) is 6.92 Å². The number of carbonyl (C=O) groups is 2. The SMILES string of the molecule is CC[C@H](F)CCN1C(=O)C=CC1=O. The number of alkyl halides is 1. The lowest BCUT2D eigenvalue weighted by atomic mass is 10.2. The van der Waals surface area contributed by atoms with Crippen molar-refractivity contribution in [2.24, 2.45) is 0 Å². The first-order valence-electron chi connectivity index (χ1n) is 4.32. The summed E-state index contributed by atoms with van der Waals surface area (Å²) in [4.78, 5) is 23.0. The molecule has 1 atom stereocenters. The summed E-state index contributed by atoms with van der Waals surface area (Å²) >= 11 is 0. The van der Waals surface area contributed by atoms with E-state index in [-0.39, 0.29) is 24.8 Å². The van der Waals surface area contributed by atoms with Crippen molar-refractivity contribution in [1.82, 2.24) is 4.90 Å². The second-order valence-corrected chi connectivity index (χ2v) is 2.96. The van der Waals surface area contributed by atoms with Crippen LogP contribution in [0.4, 0.5) is 4.39 Å². The maximum Gasteiger partial charge on any atom is 0.253 e. The zero-order valence-electron chi connectivity index (χ0n) is 7.50. The van der Waals surface area contributed by atoms with Gasteiger partial charge in [0.2, 0.25) is 0 Å². The highest BCUT2D eigenvalue weighted by Gasteiger charge is 2.23. The van der Waals surface area contributed by atoms with E-state index in [1.165, 1.54) is 12.2 Å². The third-order valence-electron chi connectivity index (χ3n) is 2.01. The van der Waals surface area contributed by atoms with E-state index in [9.17, 15) is 14.0 Å². The molecule has 0 unspecified atom stereocenters. The summed E-state index contributed by atoms with van der Waals surface area (Å²) in [6.45, 7) is 1.91. The van der Waals surface area contributed by atoms with Crippen LogP contribution in [0.3, 0.4) is 0 Å². The van der Waals surface area contributed by atoms with Gasteiger partial charge in [-0.25, -0.2) is 4.39 Å². The number of nitrogens with zero attached hydrogens (tertiary/aromatic N) is 1. The largest absolute Gasteiger partial charge is 0.275 e. The van der Waals surface area contributed by atoms with Crippen LogP contribution in [0.25, 0.3) is 0 Å². The normalized spacial score (nSPS) is 18.5. The van der Waals surface area contributed by atoms with Crippen molar-refractivity contribution in [2.75, 3.05) is 6.54 Å². The third-order valence-corrected chi connectivity index (χ3v) is 2.01. The van der Waals surface area contributed by atoms with E-state index in [0.717, 1.165) is 4.90 Å². The number of rotatable bonds is 4. The quantitative estimate of drug-likeness (QED) is 0.614. The summed E-state index contributed by atoms with van der Waals surface area (Å²) in [5, 5.41) is 0. The van der Waals surface area contributed by atoms with E-state index >= 15 is 0 Å². The fourth-order valence-corrected chi connectivity index (χ4v) is 1.12. The van der Waals surface area contributed by atoms with Crippen LogP contribution in [0, 0.1) is 0 Å². The Hall–Kier alpha value is -1.19. The molecule has 1 rings (SSSR count). The lowest BCUT2D eigenvalue weighted by molar-refractivity contribution is -0.136. The number of hydrogen-bond acceptors (Lipinski definition) is 2. The average molecular weight is 185 g/mol. The predicted molar refractivity (Wildman–Crippen MR) is 45.7 cm³/mol. The molecule has 1 aliphatic heterocycles. The first-order chi connectivity index (χ1) is 6.15. The highest BCUT2D eigenvalue weighted by atomic mass is 19.1. The van der Waals surface area contributed by atoms with Crippen LogP contribution in [0.15, 0.2) is 12.2 Å². The Kier molecular flexibility index (Phi) is 3.17. The number of imide groups is 1. The van der Waals surface area contributed by atoms with Gasteiger partial charge in [0.05, 0.1) is 0 Å². The van der Waals surface area contributed by atoms with Crippen LogP contribution in [0.1, 0.15) is 19.8 Å². The molecule has 0 aliphatic carbocycles. The maximum absolute atomic E-state index is 12.8. The number of hydrogen-bond donors (Lipinski definition) is 0. The molecule has 3 nitrogen and oxygen atoms in total. The van der Waals surface area contributed by atoms with Crippen molar-refractivity contribution in [3.05, 3.63) is 12.2 Å². The lowest BCUT2D eigenvalue weighted by Crippen LogP contribution is -2.32. The molecule has 4 heteroatoms. The van der Waals surface area contributed by atoms with Crippen molar-refractivity contribution in [2.45, 2.75) is 25.9 Å². The first-order valence-corrected chi connectivity index (χ1v) is 4.32. The van der Waals surface area contributed by atoms with Crippen LogP contribution in [0.5, 0.6) is 0 Å². The molecule has 0 saturated carbocycles. The Morgan fingerprint density at radius 3 is 2.38 bits per heavy atom. The Balaban J connectivity index is 2.38. The molecule has 0 aromatic heterocycles. The zero-order chi connectivity index (χ0) is 9.84. The summed E-state index contributed by atoms with van der Waals surface area (Å²) < 4.78 is 12.8. The van der Waals surface area contributed by atoms with Crippen molar-refractivity contribution in [3.63, 3.8) is 0 Å². The maximum atomic E-state index is 12.8. The topological polar surface area (TPSA) is 37.4 Å². The molecule has 0 fully saturated rings. The summed E-state index contributed by atoms with van der Waals surface area (Å²) in [5.74, 6) is -0.679. The summed E-state index contributed by atoms with van der Waals surface area (Å²) in [6, 6.07) is 0. The first kappa shape index (κ1) is 9.89. The van der Waals surface area contributed by atoms with Gasteiger partial charge in [-0.1, -0.05) is 6.92 Å². The van der Waals surface area contributed by atoms with Crippen molar-refractivity contribution in [3.8, 4) is 0 Å². The van der Waals surface area contributed by atoms with Gasteiger partial charge in [0.25, 0.3) is 11.8 Å². The molecule has 0 aromatic carbocycles. The Morgan fingerprint density at radius 2 is 1.92 bits per heavy atom. The predicted octanol–water partition coefficient (Wildman–Crippen LogP) is 1.05. The minimum atomic E-state index is -0.929. The summed E-state index contributed by atoms with van der Waals surface area (Å²) in [7, 11) is 0. The molecular formula is C9H12FNO2. The highest BCUT2D eigenvalue weighted by molar-refractivity contribution is 6.12. The molecule has 0 aromatic rings. The van der Waals surface area contributed by atoms with E-state index in [2.05, 4.69) is 0 Å². The Bertz CT molecular complexity index is 232. The van der Waals surface area contributed by atoms with Gasteiger partial charge >= 0.3 is 0 Å². The smallest absolute Gasteiger partial charge is 0.253 e. The van der Waals surface area contributed by atoms with Crippen LogP contribution >= 0.6 is 0 Å². The molecule has 0 N–H and O–H groups in total. The van der Waals surface area contributed by atoms with Crippen LogP contribution in [0.2, 0.25) is 0 Å². The van der Waals surface area contributed by atoms with Crippen LogP contribution in [-0.2, 0) is 9.59 Å². The fraction of sp³-hybridized carbons (Fsp3) is 0.556. The highest BCUT2D eigenvalue weighted by Crippen LogP contribution is 2.08. The Morgan fingerprint density at radius 1 is 1.38 bits per heavy atom. The summed E-state index contributed by atoms with van der Waals surface area (Å²) in [6.07, 6.45) is 2.14. The van der Waals surface area contributed by atoms with Gasteiger partial charge in [-0.3, -0.25) is 14.5 Å². The zero-order valence-corrected chi connectivity index (χ0v) is 7.50.